The third-order valence-corrected chi connectivity index (χ3v) is 2.86. The van der Waals surface area contributed by atoms with Gasteiger partial charge in [0.1, 0.15) is 0 Å². The second-order valence-electron chi connectivity index (χ2n) is 2.56. The van der Waals surface area contributed by atoms with E-state index in [1.165, 1.54) is 4.88 Å². The van der Waals surface area contributed by atoms with Gasteiger partial charge in [0, 0.05) is 16.8 Å². The molecule has 1 aromatic rings. The first-order valence-corrected chi connectivity index (χ1v) is 4.89. The van der Waals surface area contributed by atoms with Gasteiger partial charge in [0.05, 0.1) is 5.02 Å². The van der Waals surface area contributed by atoms with Gasteiger partial charge in [-0.15, -0.1) is 11.3 Å². The predicted molar refractivity (Wildman–Crippen MR) is 51.3 cm³/mol. The standard InChI is InChI=1S/C8H12ClNS/c1-3-10(2)5-8-4-7(9)6-11-8/h4,6H,3,5H2,1-2H3. The van der Waals surface area contributed by atoms with Crippen molar-refractivity contribution in [3.63, 3.8) is 0 Å². The molecule has 1 aromatic heterocycles. The van der Waals surface area contributed by atoms with E-state index in [0.717, 1.165) is 18.1 Å². The molecular weight excluding hydrogens is 178 g/mol. The lowest BCUT2D eigenvalue weighted by Crippen LogP contribution is -2.15. The van der Waals surface area contributed by atoms with Crippen molar-refractivity contribution < 1.29 is 0 Å². The number of halogens is 1. The first-order chi connectivity index (χ1) is 5.22. The lowest BCUT2D eigenvalue weighted by molar-refractivity contribution is 0.349. The highest BCUT2D eigenvalue weighted by atomic mass is 35.5. The second kappa shape index (κ2) is 4.10. The smallest absolute Gasteiger partial charge is 0.0516 e. The molecule has 0 unspecified atom stereocenters. The van der Waals surface area contributed by atoms with Crippen molar-refractivity contribution in [3.8, 4) is 0 Å². The molecule has 0 fully saturated rings. The monoisotopic (exact) mass is 189 g/mol. The lowest BCUT2D eigenvalue weighted by atomic mass is 10.4. The fraction of sp³-hybridized carbons (Fsp3) is 0.500. The molecule has 62 valence electrons. The maximum Gasteiger partial charge on any atom is 0.0516 e. The van der Waals surface area contributed by atoms with Crippen molar-refractivity contribution in [2.45, 2.75) is 13.5 Å². The summed E-state index contributed by atoms with van der Waals surface area (Å²) < 4.78 is 0. The number of thiophene rings is 1. The fourth-order valence-electron chi connectivity index (χ4n) is 0.815. The number of nitrogens with zero attached hydrogens (tertiary/aromatic N) is 1. The Balaban J connectivity index is 2.50. The molecule has 1 rings (SSSR count). The second-order valence-corrected chi connectivity index (χ2v) is 3.99. The Labute approximate surface area is 76.6 Å². The van der Waals surface area contributed by atoms with Crippen LogP contribution in [0.25, 0.3) is 0 Å². The number of hydrogen-bond donors (Lipinski definition) is 0. The van der Waals surface area contributed by atoms with Gasteiger partial charge in [0.2, 0.25) is 0 Å². The van der Waals surface area contributed by atoms with Gasteiger partial charge in [-0.25, -0.2) is 0 Å². The van der Waals surface area contributed by atoms with Crippen molar-refractivity contribution in [2.24, 2.45) is 0 Å². The van der Waals surface area contributed by atoms with Crippen LogP contribution in [0, 0.1) is 0 Å². The number of hydrogen-bond acceptors (Lipinski definition) is 2. The zero-order chi connectivity index (χ0) is 8.27. The quantitative estimate of drug-likeness (QED) is 0.707. The zero-order valence-electron chi connectivity index (χ0n) is 6.80. The molecule has 0 aromatic carbocycles. The average molecular weight is 190 g/mol. The topological polar surface area (TPSA) is 3.24 Å². The SMILES string of the molecule is CCN(C)Cc1cc(Cl)cs1. The lowest BCUT2D eigenvalue weighted by Gasteiger charge is -2.11. The van der Waals surface area contributed by atoms with Crippen molar-refractivity contribution >= 4 is 22.9 Å². The highest BCUT2D eigenvalue weighted by Gasteiger charge is 1.99. The first kappa shape index (κ1) is 9.04. The molecule has 0 saturated carbocycles. The van der Waals surface area contributed by atoms with Crippen molar-refractivity contribution in [3.05, 3.63) is 21.3 Å². The summed E-state index contributed by atoms with van der Waals surface area (Å²) in [6.07, 6.45) is 0. The number of rotatable bonds is 3. The van der Waals surface area contributed by atoms with Gasteiger partial charge in [-0.1, -0.05) is 18.5 Å². The van der Waals surface area contributed by atoms with Crippen molar-refractivity contribution in [1.82, 2.24) is 4.90 Å². The molecule has 0 aliphatic carbocycles. The van der Waals surface area contributed by atoms with E-state index in [1.54, 1.807) is 11.3 Å². The highest BCUT2D eigenvalue weighted by Crippen LogP contribution is 2.19. The van der Waals surface area contributed by atoms with E-state index in [0.29, 0.717) is 0 Å². The van der Waals surface area contributed by atoms with Gasteiger partial charge in [-0.2, -0.15) is 0 Å². The minimum Gasteiger partial charge on any atom is -0.302 e. The van der Waals surface area contributed by atoms with Crippen molar-refractivity contribution in [2.75, 3.05) is 13.6 Å². The normalized spacial score (nSPS) is 10.9. The predicted octanol–water partition coefficient (Wildman–Crippen LogP) is 2.85. The largest absolute Gasteiger partial charge is 0.302 e. The summed E-state index contributed by atoms with van der Waals surface area (Å²) in [4.78, 5) is 3.58. The summed E-state index contributed by atoms with van der Waals surface area (Å²) in [6.45, 7) is 4.23. The molecule has 0 atom stereocenters. The Hall–Kier alpha value is -0.0500. The summed E-state index contributed by atoms with van der Waals surface area (Å²) >= 11 is 7.50. The Bertz CT molecular complexity index is 222. The molecule has 3 heteroatoms. The van der Waals surface area contributed by atoms with Gasteiger partial charge in [-0.05, 0) is 19.7 Å². The maximum absolute atomic E-state index is 5.78. The molecule has 0 amide bonds. The van der Waals surface area contributed by atoms with E-state index in [2.05, 4.69) is 18.9 Å². The minimum atomic E-state index is 0.856. The van der Waals surface area contributed by atoms with Crippen LogP contribution < -0.4 is 0 Å². The van der Waals surface area contributed by atoms with Gasteiger partial charge < -0.3 is 4.90 Å². The van der Waals surface area contributed by atoms with Crippen LogP contribution in [-0.4, -0.2) is 18.5 Å². The molecule has 0 saturated heterocycles. The van der Waals surface area contributed by atoms with E-state index in [4.69, 9.17) is 11.6 Å². The Morgan fingerprint density at radius 2 is 2.36 bits per heavy atom. The van der Waals surface area contributed by atoms with Crippen LogP contribution in [0.2, 0.25) is 5.02 Å². The van der Waals surface area contributed by atoms with E-state index in [-0.39, 0.29) is 0 Å². The summed E-state index contributed by atoms with van der Waals surface area (Å²) in [7, 11) is 2.10. The van der Waals surface area contributed by atoms with Crippen LogP contribution in [0.15, 0.2) is 11.4 Å². The summed E-state index contributed by atoms with van der Waals surface area (Å²) in [5, 5.41) is 2.83. The first-order valence-electron chi connectivity index (χ1n) is 3.64. The molecule has 0 radical (unpaired) electrons. The molecular formula is C8H12ClNS. The maximum atomic E-state index is 5.78. The van der Waals surface area contributed by atoms with Gasteiger partial charge in [0.25, 0.3) is 0 Å². The highest BCUT2D eigenvalue weighted by molar-refractivity contribution is 7.10. The van der Waals surface area contributed by atoms with Crippen LogP contribution in [-0.2, 0) is 6.54 Å². The Morgan fingerprint density at radius 3 is 2.82 bits per heavy atom. The summed E-state index contributed by atoms with van der Waals surface area (Å²) in [5.41, 5.74) is 0. The van der Waals surface area contributed by atoms with Crippen LogP contribution >= 0.6 is 22.9 Å². The van der Waals surface area contributed by atoms with Crippen LogP contribution in [0.1, 0.15) is 11.8 Å². The van der Waals surface area contributed by atoms with Crippen LogP contribution in [0.3, 0.4) is 0 Å². The Morgan fingerprint density at radius 1 is 1.64 bits per heavy atom. The minimum absolute atomic E-state index is 0.856. The molecule has 0 bridgehead atoms. The molecule has 11 heavy (non-hydrogen) atoms. The molecule has 0 aliphatic rings. The molecule has 0 spiro atoms. The van der Waals surface area contributed by atoms with Crippen molar-refractivity contribution in [1.29, 1.82) is 0 Å². The molecule has 0 N–H and O–H groups in total. The third kappa shape index (κ3) is 2.81. The summed E-state index contributed by atoms with van der Waals surface area (Å²) in [5.74, 6) is 0. The van der Waals surface area contributed by atoms with Gasteiger partial charge in [0.15, 0.2) is 0 Å². The van der Waals surface area contributed by atoms with Crippen LogP contribution in [0.5, 0.6) is 0 Å². The molecule has 0 aliphatic heterocycles. The van der Waals surface area contributed by atoms with Gasteiger partial charge >= 0.3 is 0 Å². The summed E-state index contributed by atoms with van der Waals surface area (Å²) in [6, 6.07) is 2.03. The third-order valence-electron chi connectivity index (χ3n) is 1.59. The Kier molecular flexibility index (Phi) is 3.37. The van der Waals surface area contributed by atoms with E-state index in [9.17, 15) is 0 Å². The van der Waals surface area contributed by atoms with E-state index < -0.39 is 0 Å². The van der Waals surface area contributed by atoms with E-state index >= 15 is 0 Å². The van der Waals surface area contributed by atoms with E-state index in [1.807, 2.05) is 11.4 Å². The molecule has 1 nitrogen and oxygen atoms in total. The average Bonchev–Trinajstić information content (AvgIpc) is 2.35. The fourth-order valence-corrected chi connectivity index (χ4v) is 1.97. The van der Waals surface area contributed by atoms with Crippen LogP contribution in [0.4, 0.5) is 0 Å². The van der Waals surface area contributed by atoms with Gasteiger partial charge in [-0.3, -0.25) is 0 Å². The molecule has 1 heterocycles. The zero-order valence-corrected chi connectivity index (χ0v) is 8.37.